The molecule has 10 nitrogen and oxygen atoms in total. The van der Waals surface area contributed by atoms with Crippen molar-refractivity contribution >= 4 is 34.8 Å². The number of rotatable bonds is 10. The molecule has 0 saturated carbocycles. The van der Waals surface area contributed by atoms with Crippen LogP contribution in [0.4, 0.5) is 10.6 Å². The number of hydrogen-bond donors (Lipinski definition) is 2. The van der Waals surface area contributed by atoms with Crippen LogP contribution in [0, 0.1) is 6.92 Å². The van der Waals surface area contributed by atoms with Gasteiger partial charge in [0.1, 0.15) is 22.5 Å². The third-order valence-electron chi connectivity index (χ3n) is 5.34. The van der Waals surface area contributed by atoms with E-state index in [0.29, 0.717) is 36.8 Å². The number of benzene rings is 2. The first-order chi connectivity index (χ1) is 18.1. The van der Waals surface area contributed by atoms with E-state index in [2.05, 4.69) is 20.3 Å². The Morgan fingerprint density at radius 1 is 1.16 bits per heavy atom. The highest BCUT2D eigenvalue weighted by Crippen LogP contribution is 2.37. The van der Waals surface area contributed by atoms with Crippen molar-refractivity contribution < 1.29 is 23.5 Å². The number of nitrogens with zero attached hydrogens (tertiary/aromatic N) is 3. The van der Waals surface area contributed by atoms with E-state index >= 15 is 0 Å². The van der Waals surface area contributed by atoms with Crippen molar-refractivity contribution in [2.24, 2.45) is 0 Å². The molecule has 11 heteroatoms. The van der Waals surface area contributed by atoms with Gasteiger partial charge in [0, 0.05) is 18.3 Å². The fourth-order valence-corrected chi connectivity index (χ4v) is 4.44. The SMILES string of the molecule is CCOc1cc(C)ccc1SNc1noc2cc(Cn3cc(CNC(=O)OC(C)(C)C)cn3)cc(OC)c12. The predicted molar refractivity (Wildman–Crippen MR) is 147 cm³/mol. The standard InChI is InChI=1S/C27H33N5O5S/c1-7-35-20-10-17(2)8-9-23(20)38-31-25-24-21(34-6)11-18(12-22(24)37-30-25)15-32-16-19(14-29-32)13-28-26(33)36-27(3,4)5/h8-12,14,16H,7,13,15H2,1-6H3,(H,28,33)(H,30,31). The number of carbonyl (C=O) groups is 1. The van der Waals surface area contributed by atoms with Gasteiger partial charge in [-0.05, 0) is 82.0 Å². The fourth-order valence-electron chi connectivity index (χ4n) is 3.74. The van der Waals surface area contributed by atoms with E-state index in [1.165, 1.54) is 11.9 Å². The van der Waals surface area contributed by atoms with E-state index in [1.54, 1.807) is 18.0 Å². The Morgan fingerprint density at radius 2 is 1.97 bits per heavy atom. The fraction of sp³-hybridized carbons (Fsp3) is 0.370. The summed E-state index contributed by atoms with van der Waals surface area (Å²) in [5, 5.41) is 12.1. The topological polar surface area (TPSA) is 113 Å². The molecule has 2 aromatic heterocycles. The van der Waals surface area contributed by atoms with Crippen LogP contribution in [0.1, 0.15) is 44.4 Å². The Bertz CT molecular complexity index is 1410. The minimum absolute atomic E-state index is 0.318. The lowest BCUT2D eigenvalue weighted by atomic mass is 10.1. The minimum Gasteiger partial charge on any atom is -0.496 e. The number of hydrogen-bond acceptors (Lipinski definition) is 9. The maximum atomic E-state index is 11.9. The number of carbonyl (C=O) groups excluding carboxylic acids is 1. The molecule has 0 saturated heterocycles. The summed E-state index contributed by atoms with van der Waals surface area (Å²) in [7, 11) is 1.62. The maximum absolute atomic E-state index is 11.9. The molecule has 0 aliphatic carbocycles. The van der Waals surface area contributed by atoms with E-state index in [0.717, 1.165) is 32.7 Å². The molecule has 0 spiro atoms. The third-order valence-corrected chi connectivity index (χ3v) is 6.19. The van der Waals surface area contributed by atoms with Gasteiger partial charge in [0.05, 0.1) is 31.4 Å². The van der Waals surface area contributed by atoms with Crippen LogP contribution in [-0.2, 0) is 17.8 Å². The molecule has 0 aliphatic rings. The van der Waals surface area contributed by atoms with Gasteiger partial charge in [-0.1, -0.05) is 11.2 Å². The number of methoxy groups -OCH3 is 1. The van der Waals surface area contributed by atoms with Crippen LogP contribution in [0.25, 0.3) is 11.0 Å². The first kappa shape index (κ1) is 27.2. The lowest BCUT2D eigenvalue weighted by Crippen LogP contribution is -2.32. The third kappa shape index (κ3) is 6.91. The molecule has 0 unspecified atom stereocenters. The summed E-state index contributed by atoms with van der Waals surface area (Å²) in [6.07, 6.45) is 3.11. The van der Waals surface area contributed by atoms with E-state index in [4.69, 9.17) is 18.7 Å². The average Bonchev–Trinajstić information content (AvgIpc) is 3.47. The number of ether oxygens (including phenoxy) is 3. The summed E-state index contributed by atoms with van der Waals surface area (Å²) in [6.45, 7) is 10.8. The zero-order valence-corrected chi connectivity index (χ0v) is 23.3. The molecule has 0 aliphatic heterocycles. The lowest BCUT2D eigenvalue weighted by molar-refractivity contribution is 0.0523. The van der Waals surface area contributed by atoms with Crippen molar-refractivity contribution in [1.29, 1.82) is 0 Å². The lowest BCUT2D eigenvalue weighted by Gasteiger charge is -2.19. The Hall–Kier alpha value is -3.86. The second kappa shape index (κ2) is 11.7. The molecule has 1 amide bonds. The molecular weight excluding hydrogens is 506 g/mol. The molecule has 4 aromatic rings. The molecule has 4 rings (SSSR count). The average molecular weight is 540 g/mol. The summed E-state index contributed by atoms with van der Waals surface area (Å²) in [5.41, 5.74) is 2.96. The van der Waals surface area contributed by atoms with Crippen LogP contribution in [0.2, 0.25) is 0 Å². The Labute approximate surface area is 226 Å². The quantitative estimate of drug-likeness (QED) is 0.237. The molecule has 0 bridgehead atoms. The van der Waals surface area contributed by atoms with Gasteiger partial charge >= 0.3 is 6.09 Å². The van der Waals surface area contributed by atoms with Gasteiger partial charge < -0.3 is 28.8 Å². The second-order valence-corrected chi connectivity index (χ2v) is 10.5. The van der Waals surface area contributed by atoms with Crippen molar-refractivity contribution in [3.8, 4) is 11.5 Å². The maximum Gasteiger partial charge on any atom is 0.407 e. The Balaban J connectivity index is 1.45. The van der Waals surface area contributed by atoms with Gasteiger partial charge in [-0.25, -0.2) is 4.79 Å². The highest BCUT2D eigenvalue weighted by Gasteiger charge is 2.18. The number of fused-ring (bicyclic) bond motifs is 1. The highest BCUT2D eigenvalue weighted by molar-refractivity contribution is 8.00. The molecular formula is C27H33N5O5S. The van der Waals surface area contributed by atoms with Gasteiger partial charge in [-0.3, -0.25) is 4.68 Å². The summed E-state index contributed by atoms with van der Waals surface area (Å²) < 4.78 is 27.4. The minimum atomic E-state index is -0.548. The largest absolute Gasteiger partial charge is 0.496 e. The normalized spacial score (nSPS) is 11.4. The van der Waals surface area contributed by atoms with Crippen molar-refractivity contribution in [3.63, 3.8) is 0 Å². The number of alkyl carbamates (subject to hydrolysis) is 1. The van der Waals surface area contributed by atoms with Gasteiger partial charge in [-0.15, -0.1) is 0 Å². The van der Waals surface area contributed by atoms with Crippen molar-refractivity contribution in [2.75, 3.05) is 18.4 Å². The van der Waals surface area contributed by atoms with Crippen LogP contribution >= 0.6 is 11.9 Å². The van der Waals surface area contributed by atoms with Crippen molar-refractivity contribution in [1.82, 2.24) is 20.3 Å². The van der Waals surface area contributed by atoms with E-state index in [9.17, 15) is 4.79 Å². The van der Waals surface area contributed by atoms with E-state index < -0.39 is 11.7 Å². The number of nitrogens with one attached hydrogen (secondary N) is 2. The van der Waals surface area contributed by atoms with Gasteiger partial charge in [0.25, 0.3) is 0 Å². The summed E-state index contributed by atoms with van der Waals surface area (Å²) in [4.78, 5) is 12.9. The molecule has 0 fully saturated rings. The van der Waals surface area contributed by atoms with Crippen LogP contribution in [-0.4, -0.2) is 40.3 Å². The van der Waals surface area contributed by atoms with Crippen LogP contribution in [0.5, 0.6) is 11.5 Å². The number of aryl methyl sites for hydroxylation is 1. The predicted octanol–water partition coefficient (Wildman–Crippen LogP) is 5.93. The first-order valence-electron chi connectivity index (χ1n) is 12.3. The summed E-state index contributed by atoms with van der Waals surface area (Å²) in [6, 6.07) is 9.91. The molecule has 0 radical (unpaired) electrons. The first-order valence-corrected chi connectivity index (χ1v) is 13.1. The number of amides is 1. The smallest absolute Gasteiger partial charge is 0.407 e. The van der Waals surface area contributed by atoms with E-state index in [1.807, 2.05) is 71.1 Å². The molecule has 2 aromatic carbocycles. The van der Waals surface area contributed by atoms with Crippen LogP contribution < -0.4 is 19.5 Å². The zero-order valence-electron chi connectivity index (χ0n) is 22.5. The Kier molecular flexibility index (Phi) is 8.35. The van der Waals surface area contributed by atoms with Gasteiger partial charge in [0.2, 0.25) is 0 Å². The zero-order chi connectivity index (χ0) is 27.3. The second-order valence-electron chi connectivity index (χ2n) is 9.69. The molecule has 2 N–H and O–H groups in total. The molecule has 38 heavy (non-hydrogen) atoms. The summed E-state index contributed by atoms with van der Waals surface area (Å²) in [5.74, 6) is 2.01. The highest BCUT2D eigenvalue weighted by atomic mass is 32.2. The Morgan fingerprint density at radius 3 is 2.71 bits per heavy atom. The molecule has 2 heterocycles. The van der Waals surface area contributed by atoms with Crippen molar-refractivity contribution in [3.05, 3.63) is 59.4 Å². The van der Waals surface area contributed by atoms with Crippen LogP contribution in [0.15, 0.2) is 52.1 Å². The molecule has 202 valence electrons. The number of anilines is 1. The van der Waals surface area contributed by atoms with Crippen molar-refractivity contribution in [2.45, 2.75) is 58.2 Å². The van der Waals surface area contributed by atoms with Crippen LogP contribution in [0.3, 0.4) is 0 Å². The van der Waals surface area contributed by atoms with E-state index in [-0.39, 0.29) is 0 Å². The van der Waals surface area contributed by atoms with Gasteiger partial charge in [-0.2, -0.15) is 5.10 Å². The molecule has 0 atom stereocenters. The summed E-state index contributed by atoms with van der Waals surface area (Å²) >= 11 is 1.40. The monoisotopic (exact) mass is 539 g/mol. The van der Waals surface area contributed by atoms with Gasteiger partial charge in [0.15, 0.2) is 11.4 Å². The number of aromatic nitrogens is 3.